The van der Waals surface area contributed by atoms with E-state index in [4.69, 9.17) is 4.74 Å². The number of hydrogen-bond donors (Lipinski definition) is 1. The maximum absolute atomic E-state index is 13.5. The summed E-state index contributed by atoms with van der Waals surface area (Å²) in [6.45, 7) is 6.81. The quantitative estimate of drug-likeness (QED) is 0.893. The van der Waals surface area contributed by atoms with Crippen LogP contribution in [0.1, 0.15) is 19.4 Å². The highest BCUT2D eigenvalue weighted by molar-refractivity contribution is 5.57. The van der Waals surface area contributed by atoms with Crippen LogP contribution in [-0.4, -0.2) is 38.0 Å². The molecule has 0 bridgehead atoms. The summed E-state index contributed by atoms with van der Waals surface area (Å²) < 4.78 is 18.8. The lowest BCUT2D eigenvalue weighted by Crippen LogP contribution is -2.38. The van der Waals surface area contributed by atoms with Crippen molar-refractivity contribution in [2.75, 3.05) is 37.8 Å². The van der Waals surface area contributed by atoms with Gasteiger partial charge in [-0.15, -0.1) is 0 Å². The van der Waals surface area contributed by atoms with Crippen molar-refractivity contribution in [1.29, 1.82) is 0 Å². The summed E-state index contributed by atoms with van der Waals surface area (Å²) >= 11 is 0. The number of nitrogens with zero attached hydrogens (tertiary/aromatic N) is 1. The Balaban J connectivity index is 2.40. The van der Waals surface area contributed by atoms with E-state index in [1.165, 1.54) is 6.07 Å². The lowest BCUT2D eigenvalue weighted by Gasteiger charge is -2.34. The lowest BCUT2D eigenvalue weighted by atomic mass is 9.84. The van der Waals surface area contributed by atoms with Gasteiger partial charge in [0.1, 0.15) is 5.82 Å². The van der Waals surface area contributed by atoms with Crippen molar-refractivity contribution < 1.29 is 14.2 Å². The van der Waals surface area contributed by atoms with Gasteiger partial charge in [-0.25, -0.2) is 4.39 Å². The molecule has 1 aliphatic heterocycles. The second kappa shape index (κ2) is 5.24. The Morgan fingerprint density at radius 1 is 1.33 bits per heavy atom. The Morgan fingerprint density at radius 2 is 2.00 bits per heavy atom. The smallest absolute Gasteiger partial charge is 0.125 e. The van der Waals surface area contributed by atoms with E-state index in [0.29, 0.717) is 13.2 Å². The van der Waals surface area contributed by atoms with Gasteiger partial charge in [0.2, 0.25) is 0 Å². The fraction of sp³-hybridized carbons (Fsp3) is 0.571. The molecule has 1 fully saturated rings. The van der Waals surface area contributed by atoms with Gasteiger partial charge in [0.05, 0.1) is 19.8 Å². The van der Waals surface area contributed by atoms with Crippen molar-refractivity contribution in [2.45, 2.75) is 19.3 Å². The number of ether oxygens (including phenoxy) is 1. The fourth-order valence-corrected chi connectivity index (χ4v) is 2.23. The lowest BCUT2D eigenvalue weighted by molar-refractivity contribution is 0.122. The third-order valence-electron chi connectivity index (χ3n) is 3.44. The maximum Gasteiger partial charge on any atom is 0.125 e. The first-order valence-electron chi connectivity index (χ1n) is 6.28. The highest BCUT2D eigenvalue weighted by Crippen LogP contribution is 2.33. The first kappa shape index (κ1) is 13.3. The molecule has 0 radical (unpaired) electrons. The molecule has 4 heteroatoms. The minimum atomic E-state index is -0.374. The van der Waals surface area contributed by atoms with E-state index in [-0.39, 0.29) is 17.8 Å². The number of halogens is 1. The van der Waals surface area contributed by atoms with Gasteiger partial charge in [-0.05, 0) is 17.7 Å². The van der Waals surface area contributed by atoms with Gasteiger partial charge < -0.3 is 14.7 Å². The van der Waals surface area contributed by atoms with Crippen molar-refractivity contribution in [2.24, 2.45) is 0 Å². The fourth-order valence-electron chi connectivity index (χ4n) is 2.23. The number of aliphatic hydroxyl groups is 1. The third-order valence-corrected chi connectivity index (χ3v) is 3.44. The average molecular weight is 253 g/mol. The van der Waals surface area contributed by atoms with Gasteiger partial charge in [-0.2, -0.15) is 0 Å². The first-order chi connectivity index (χ1) is 8.54. The number of aliphatic hydroxyl groups excluding tert-OH is 1. The van der Waals surface area contributed by atoms with Crippen LogP contribution < -0.4 is 4.90 Å². The maximum atomic E-state index is 13.5. The average Bonchev–Trinajstić information content (AvgIpc) is 2.39. The minimum absolute atomic E-state index is 0.0377. The Kier molecular flexibility index (Phi) is 3.88. The predicted molar refractivity (Wildman–Crippen MR) is 69.5 cm³/mol. The molecule has 100 valence electrons. The van der Waals surface area contributed by atoms with Crippen LogP contribution in [0.4, 0.5) is 10.1 Å². The SMILES string of the molecule is CC(C)(CO)c1ccc(F)cc1N1CCOCC1. The van der Waals surface area contributed by atoms with E-state index in [1.807, 2.05) is 13.8 Å². The van der Waals surface area contributed by atoms with Gasteiger partial charge in [-0.1, -0.05) is 19.9 Å². The summed E-state index contributed by atoms with van der Waals surface area (Å²) in [6, 6.07) is 4.78. The largest absolute Gasteiger partial charge is 0.395 e. The van der Waals surface area contributed by atoms with E-state index < -0.39 is 0 Å². The monoisotopic (exact) mass is 253 g/mol. The highest BCUT2D eigenvalue weighted by Gasteiger charge is 2.26. The summed E-state index contributed by atoms with van der Waals surface area (Å²) in [5.41, 5.74) is 1.48. The van der Waals surface area contributed by atoms with Crippen LogP contribution in [0.3, 0.4) is 0 Å². The van der Waals surface area contributed by atoms with Crippen LogP contribution in [0.25, 0.3) is 0 Å². The molecular weight excluding hydrogens is 233 g/mol. The van der Waals surface area contributed by atoms with Crippen LogP contribution >= 0.6 is 0 Å². The zero-order chi connectivity index (χ0) is 13.2. The van der Waals surface area contributed by atoms with Crippen LogP contribution in [-0.2, 0) is 10.2 Å². The Morgan fingerprint density at radius 3 is 2.61 bits per heavy atom. The van der Waals surface area contributed by atoms with E-state index in [2.05, 4.69) is 4.90 Å². The van der Waals surface area contributed by atoms with Crippen LogP contribution in [0.2, 0.25) is 0 Å². The normalized spacial score (nSPS) is 17.0. The van der Waals surface area contributed by atoms with Crippen molar-refractivity contribution in [1.82, 2.24) is 0 Å². The third kappa shape index (κ3) is 2.65. The predicted octanol–water partition coefficient (Wildman–Crippen LogP) is 1.93. The second-order valence-corrected chi connectivity index (χ2v) is 5.30. The first-order valence-corrected chi connectivity index (χ1v) is 6.28. The molecule has 1 saturated heterocycles. The molecule has 1 aromatic carbocycles. The Labute approximate surface area is 107 Å². The molecule has 2 rings (SSSR count). The topological polar surface area (TPSA) is 32.7 Å². The Hall–Kier alpha value is -1.13. The van der Waals surface area contributed by atoms with Crippen LogP contribution in [0.15, 0.2) is 18.2 Å². The van der Waals surface area contributed by atoms with E-state index in [1.54, 1.807) is 12.1 Å². The molecule has 0 aromatic heterocycles. The van der Waals surface area contributed by atoms with Crippen molar-refractivity contribution in [3.63, 3.8) is 0 Å². The number of benzene rings is 1. The minimum Gasteiger partial charge on any atom is -0.395 e. The molecule has 1 heterocycles. The summed E-state index contributed by atoms with van der Waals surface area (Å²) in [6.07, 6.45) is 0. The molecule has 0 aliphatic carbocycles. The molecule has 1 aliphatic rings. The van der Waals surface area contributed by atoms with Gasteiger partial charge >= 0.3 is 0 Å². The molecule has 1 N–H and O–H groups in total. The van der Waals surface area contributed by atoms with Gasteiger partial charge in [-0.3, -0.25) is 0 Å². The summed E-state index contributed by atoms with van der Waals surface area (Å²) in [5.74, 6) is -0.242. The molecule has 0 atom stereocenters. The van der Waals surface area contributed by atoms with E-state index >= 15 is 0 Å². The molecule has 0 unspecified atom stereocenters. The standard InChI is InChI=1S/C14H20FNO2/c1-14(2,10-17)12-4-3-11(15)9-13(12)16-5-7-18-8-6-16/h3-4,9,17H,5-8,10H2,1-2H3. The molecule has 18 heavy (non-hydrogen) atoms. The number of morpholine rings is 1. The van der Waals surface area contributed by atoms with Crippen molar-refractivity contribution in [3.8, 4) is 0 Å². The molecular formula is C14H20FNO2. The molecule has 3 nitrogen and oxygen atoms in total. The summed E-state index contributed by atoms with van der Waals surface area (Å²) in [7, 11) is 0. The molecule has 0 spiro atoms. The van der Waals surface area contributed by atoms with Gasteiger partial charge in [0, 0.05) is 24.2 Å². The van der Waals surface area contributed by atoms with Gasteiger partial charge in [0.15, 0.2) is 0 Å². The van der Waals surface area contributed by atoms with E-state index in [0.717, 1.165) is 24.3 Å². The highest BCUT2D eigenvalue weighted by atomic mass is 19.1. The summed E-state index contributed by atoms with van der Waals surface area (Å²) in [5, 5.41) is 9.50. The molecule has 1 aromatic rings. The van der Waals surface area contributed by atoms with E-state index in [9.17, 15) is 9.50 Å². The second-order valence-electron chi connectivity index (χ2n) is 5.30. The van der Waals surface area contributed by atoms with Crippen LogP contribution in [0.5, 0.6) is 0 Å². The summed E-state index contributed by atoms with van der Waals surface area (Å²) in [4.78, 5) is 2.12. The van der Waals surface area contributed by atoms with Crippen molar-refractivity contribution in [3.05, 3.63) is 29.6 Å². The number of hydrogen-bond acceptors (Lipinski definition) is 3. The number of anilines is 1. The van der Waals surface area contributed by atoms with Crippen molar-refractivity contribution >= 4 is 5.69 Å². The van der Waals surface area contributed by atoms with Gasteiger partial charge in [0.25, 0.3) is 0 Å². The van der Waals surface area contributed by atoms with Crippen LogP contribution in [0, 0.1) is 5.82 Å². The zero-order valence-corrected chi connectivity index (χ0v) is 10.9. The molecule has 0 saturated carbocycles. The zero-order valence-electron chi connectivity index (χ0n) is 10.9. The molecule has 0 amide bonds. The Bertz CT molecular complexity index is 414. The number of rotatable bonds is 3.